The Balaban J connectivity index is 1.82. The van der Waals surface area contributed by atoms with Gasteiger partial charge in [-0.15, -0.1) is 0 Å². The number of aromatic nitrogens is 5. The van der Waals surface area contributed by atoms with Crippen LogP contribution in [0, 0.1) is 0 Å². The molecular formula is C18H11BrN6. The van der Waals surface area contributed by atoms with Crippen molar-refractivity contribution in [2.75, 3.05) is 5.32 Å². The fourth-order valence-electron chi connectivity index (χ4n) is 2.99. The minimum atomic E-state index is 0.766. The third-order valence-corrected chi connectivity index (χ3v) is 4.77. The van der Waals surface area contributed by atoms with Crippen LogP contribution in [0.1, 0.15) is 0 Å². The Morgan fingerprint density at radius 2 is 1.72 bits per heavy atom. The van der Waals surface area contributed by atoms with E-state index < -0.39 is 0 Å². The quantitative estimate of drug-likeness (QED) is 0.442. The van der Waals surface area contributed by atoms with Crippen LogP contribution in [0.2, 0.25) is 0 Å². The molecule has 2 N–H and O–H groups in total. The molecule has 5 rings (SSSR count). The molecule has 4 aromatic heterocycles. The summed E-state index contributed by atoms with van der Waals surface area (Å²) < 4.78 is 0.887. The highest BCUT2D eigenvalue weighted by Crippen LogP contribution is 2.43. The van der Waals surface area contributed by atoms with Gasteiger partial charge in [0.05, 0.1) is 17.6 Å². The van der Waals surface area contributed by atoms with Crippen LogP contribution >= 0.6 is 15.9 Å². The van der Waals surface area contributed by atoms with Crippen molar-refractivity contribution >= 4 is 27.4 Å². The van der Waals surface area contributed by atoms with Crippen molar-refractivity contribution in [1.82, 2.24) is 24.9 Å². The molecule has 0 saturated heterocycles. The summed E-state index contributed by atoms with van der Waals surface area (Å²) in [4.78, 5) is 21.1. The molecule has 7 heteroatoms. The Morgan fingerprint density at radius 3 is 2.60 bits per heavy atom. The standard InChI is InChI=1S/C18H11BrN6/c19-13-8-20-6-3-10(13)18-24-15-11-4-7-21-9-14(11)23-17-12(16(15)25-18)2-1-5-22-17/h1-9H,(H,22,23)(H,24,25). The molecule has 0 saturated carbocycles. The van der Waals surface area contributed by atoms with E-state index >= 15 is 0 Å². The van der Waals surface area contributed by atoms with E-state index in [9.17, 15) is 0 Å². The number of imidazole rings is 1. The molecule has 6 nitrogen and oxygen atoms in total. The minimum absolute atomic E-state index is 0.766. The molecule has 4 aromatic rings. The lowest BCUT2D eigenvalue weighted by molar-refractivity contribution is 1.24. The van der Waals surface area contributed by atoms with Crippen LogP contribution < -0.4 is 5.32 Å². The first-order chi connectivity index (χ1) is 12.3. The maximum absolute atomic E-state index is 4.87. The number of aromatic amines is 1. The monoisotopic (exact) mass is 390 g/mol. The van der Waals surface area contributed by atoms with E-state index in [1.807, 2.05) is 24.3 Å². The van der Waals surface area contributed by atoms with Gasteiger partial charge < -0.3 is 10.3 Å². The number of nitrogens with zero attached hydrogens (tertiary/aromatic N) is 4. The van der Waals surface area contributed by atoms with E-state index in [4.69, 9.17) is 4.98 Å². The van der Waals surface area contributed by atoms with Crippen LogP contribution in [0.25, 0.3) is 33.9 Å². The number of nitrogens with one attached hydrogen (secondary N) is 2. The second-order valence-corrected chi connectivity index (χ2v) is 6.46. The van der Waals surface area contributed by atoms with Gasteiger partial charge in [0.15, 0.2) is 0 Å². The van der Waals surface area contributed by atoms with Gasteiger partial charge in [0.1, 0.15) is 17.3 Å². The topological polar surface area (TPSA) is 79.4 Å². The van der Waals surface area contributed by atoms with E-state index in [-0.39, 0.29) is 0 Å². The van der Waals surface area contributed by atoms with Gasteiger partial charge in [-0.05, 0) is 40.2 Å². The molecule has 0 aliphatic carbocycles. The molecule has 0 spiro atoms. The van der Waals surface area contributed by atoms with E-state index in [1.165, 1.54) is 0 Å². The highest BCUT2D eigenvalue weighted by atomic mass is 79.9. The number of halogens is 1. The summed E-state index contributed by atoms with van der Waals surface area (Å²) in [6.45, 7) is 0. The van der Waals surface area contributed by atoms with Crippen LogP contribution in [0.4, 0.5) is 11.5 Å². The minimum Gasteiger partial charge on any atom is -0.338 e. The fourth-order valence-corrected chi connectivity index (χ4v) is 3.43. The lowest BCUT2D eigenvalue weighted by Crippen LogP contribution is -1.95. The van der Waals surface area contributed by atoms with Gasteiger partial charge in [0.2, 0.25) is 0 Å². The predicted octanol–water partition coefficient (Wildman–Crippen LogP) is 4.42. The normalized spacial score (nSPS) is 11.7. The molecule has 0 fully saturated rings. The summed E-state index contributed by atoms with van der Waals surface area (Å²) in [5.74, 6) is 1.54. The molecule has 0 radical (unpaired) electrons. The molecule has 0 atom stereocenters. The zero-order chi connectivity index (χ0) is 16.8. The first-order valence-electron chi connectivity index (χ1n) is 7.68. The van der Waals surface area contributed by atoms with Gasteiger partial charge in [0, 0.05) is 46.0 Å². The summed E-state index contributed by atoms with van der Waals surface area (Å²) in [6, 6.07) is 7.82. The number of hydrogen-bond donors (Lipinski definition) is 2. The predicted molar refractivity (Wildman–Crippen MR) is 99.3 cm³/mol. The molecule has 1 aliphatic heterocycles. The number of fused-ring (bicyclic) bond motifs is 5. The first-order valence-corrected chi connectivity index (χ1v) is 8.47. The molecular weight excluding hydrogens is 380 g/mol. The number of H-pyrrole nitrogens is 1. The van der Waals surface area contributed by atoms with Gasteiger partial charge in [0.25, 0.3) is 0 Å². The fraction of sp³-hybridized carbons (Fsp3) is 0. The van der Waals surface area contributed by atoms with Crippen molar-refractivity contribution in [2.45, 2.75) is 0 Å². The summed E-state index contributed by atoms with van der Waals surface area (Å²) in [5, 5.41) is 3.35. The highest BCUT2D eigenvalue weighted by molar-refractivity contribution is 9.10. The Kier molecular flexibility index (Phi) is 3.14. The van der Waals surface area contributed by atoms with Gasteiger partial charge >= 0.3 is 0 Å². The number of hydrogen-bond acceptors (Lipinski definition) is 5. The second-order valence-electron chi connectivity index (χ2n) is 5.61. The molecule has 1 aliphatic rings. The van der Waals surface area contributed by atoms with E-state index in [0.29, 0.717) is 0 Å². The van der Waals surface area contributed by atoms with Crippen LogP contribution in [0.3, 0.4) is 0 Å². The summed E-state index contributed by atoms with van der Waals surface area (Å²) in [7, 11) is 0. The Bertz CT molecular complexity index is 1040. The molecule has 0 aromatic carbocycles. The number of anilines is 2. The Hall–Kier alpha value is -3.06. The van der Waals surface area contributed by atoms with Crippen molar-refractivity contribution in [3.8, 4) is 33.9 Å². The number of pyridine rings is 3. The van der Waals surface area contributed by atoms with Crippen molar-refractivity contribution in [3.05, 3.63) is 59.7 Å². The molecule has 0 amide bonds. The van der Waals surface area contributed by atoms with E-state index in [1.54, 1.807) is 31.0 Å². The molecule has 0 unspecified atom stereocenters. The van der Waals surface area contributed by atoms with Crippen LogP contribution in [0.5, 0.6) is 0 Å². The maximum Gasteiger partial charge on any atom is 0.139 e. The average molecular weight is 391 g/mol. The van der Waals surface area contributed by atoms with Gasteiger partial charge in [-0.25, -0.2) is 9.97 Å². The third kappa shape index (κ3) is 2.24. The summed E-state index contributed by atoms with van der Waals surface area (Å²) >= 11 is 3.55. The van der Waals surface area contributed by atoms with Crippen molar-refractivity contribution in [3.63, 3.8) is 0 Å². The molecule has 120 valence electrons. The maximum atomic E-state index is 4.87. The zero-order valence-electron chi connectivity index (χ0n) is 12.9. The van der Waals surface area contributed by atoms with Crippen LogP contribution in [-0.2, 0) is 0 Å². The second kappa shape index (κ2) is 5.49. The average Bonchev–Trinajstić information content (AvgIpc) is 3.03. The molecule has 25 heavy (non-hydrogen) atoms. The Morgan fingerprint density at radius 1 is 0.880 bits per heavy atom. The molecule has 5 heterocycles. The summed E-state index contributed by atoms with van der Waals surface area (Å²) in [6.07, 6.45) is 8.85. The lowest BCUT2D eigenvalue weighted by Gasteiger charge is -2.08. The number of rotatable bonds is 1. The Labute approximate surface area is 151 Å². The first kappa shape index (κ1) is 14.3. The van der Waals surface area contributed by atoms with Crippen LogP contribution in [-0.4, -0.2) is 24.9 Å². The van der Waals surface area contributed by atoms with Crippen molar-refractivity contribution in [2.24, 2.45) is 0 Å². The van der Waals surface area contributed by atoms with Gasteiger partial charge in [-0.3, -0.25) is 9.97 Å². The van der Waals surface area contributed by atoms with E-state index in [2.05, 4.69) is 41.2 Å². The van der Waals surface area contributed by atoms with Gasteiger partial charge in [-0.2, -0.15) is 0 Å². The highest BCUT2D eigenvalue weighted by Gasteiger charge is 2.24. The van der Waals surface area contributed by atoms with E-state index in [0.717, 1.165) is 49.9 Å². The van der Waals surface area contributed by atoms with Crippen molar-refractivity contribution in [1.29, 1.82) is 0 Å². The van der Waals surface area contributed by atoms with Crippen molar-refractivity contribution < 1.29 is 0 Å². The van der Waals surface area contributed by atoms with Crippen LogP contribution in [0.15, 0.2) is 59.7 Å². The lowest BCUT2D eigenvalue weighted by atomic mass is 10.1. The smallest absolute Gasteiger partial charge is 0.139 e. The SMILES string of the molecule is Brc1cnccc1-c1nc2c([nH]1)-c1ccncc1Nc1ncccc1-2. The third-order valence-electron chi connectivity index (χ3n) is 4.14. The largest absolute Gasteiger partial charge is 0.338 e. The summed E-state index contributed by atoms with van der Waals surface area (Å²) in [5.41, 5.74) is 5.60. The van der Waals surface area contributed by atoms with Gasteiger partial charge in [-0.1, -0.05) is 0 Å². The zero-order valence-corrected chi connectivity index (χ0v) is 14.4. The molecule has 0 bridgehead atoms.